The molecular formula is C21H26ClN3O3. The Morgan fingerprint density at radius 1 is 1.18 bits per heavy atom. The number of amides is 2. The second-order valence-electron chi connectivity index (χ2n) is 8.03. The maximum Gasteiger partial charge on any atom is 0.410 e. The number of carbonyl (C=O) groups excluding carboxylic acids is 2. The Balaban J connectivity index is 1.74. The van der Waals surface area contributed by atoms with Crippen LogP contribution in [0, 0.1) is 0 Å². The molecular weight excluding hydrogens is 378 g/mol. The van der Waals surface area contributed by atoms with E-state index in [1.54, 1.807) is 17.0 Å². The van der Waals surface area contributed by atoms with Gasteiger partial charge in [0.25, 0.3) is 5.91 Å². The first-order valence-corrected chi connectivity index (χ1v) is 9.91. The first-order valence-electron chi connectivity index (χ1n) is 9.53. The fraction of sp³-hybridized carbons (Fsp3) is 0.476. The van der Waals surface area contributed by atoms with Gasteiger partial charge in [0.1, 0.15) is 11.4 Å². The number of amidine groups is 1. The molecule has 0 saturated carbocycles. The Labute approximate surface area is 170 Å². The topological polar surface area (TPSA) is 71.0 Å². The van der Waals surface area contributed by atoms with Crippen LogP contribution in [0.1, 0.15) is 45.6 Å². The fourth-order valence-electron chi connectivity index (χ4n) is 3.28. The van der Waals surface area contributed by atoms with Crippen LogP contribution in [0.4, 0.5) is 4.79 Å². The van der Waals surface area contributed by atoms with Crippen LogP contribution < -0.4 is 5.32 Å². The molecule has 0 spiro atoms. The smallest absolute Gasteiger partial charge is 0.410 e. The quantitative estimate of drug-likeness (QED) is 0.772. The van der Waals surface area contributed by atoms with Gasteiger partial charge in [0.05, 0.1) is 6.54 Å². The number of aliphatic imine (C=N–C) groups is 1. The van der Waals surface area contributed by atoms with Crippen molar-refractivity contribution in [3.05, 3.63) is 46.0 Å². The number of nitrogens with zero attached hydrogens (tertiary/aromatic N) is 2. The van der Waals surface area contributed by atoms with Crippen LogP contribution in [-0.4, -0.2) is 48.0 Å². The summed E-state index contributed by atoms with van der Waals surface area (Å²) >= 11 is 5.95. The highest BCUT2D eigenvalue weighted by atomic mass is 35.5. The van der Waals surface area contributed by atoms with Crippen molar-refractivity contribution in [2.24, 2.45) is 4.99 Å². The van der Waals surface area contributed by atoms with Crippen LogP contribution >= 0.6 is 11.6 Å². The van der Waals surface area contributed by atoms with Gasteiger partial charge in [-0.3, -0.25) is 9.79 Å². The lowest BCUT2D eigenvalue weighted by atomic mass is 9.98. The van der Waals surface area contributed by atoms with Crippen LogP contribution in [0.3, 0.4) is 0 Å². The van der Waals surface area contributed by atoms with E-state index >= 15 is 0 Å². The Morgan fingerprint density at radius 2 is 1.89 bits per heavy atom. The zero-order valence-electron chi connectivity index (χ0n) is 16.5. The van der Waals surface area contributed by atoms with Gasteiger partial charge in [0.15, 0.2) is 0 Å². The molecule has 0 atom stereocenters. The van der Waals surface area contributed by atoms with Crippen molar-refractivity contribution in [3.8, 4) is 0 Å². The second kappa shape index (κ2) is 8.35. The van der Waals surface area contributed by atoms with E-state index in [1.807, 2.05) is 32.9 Å². The van der Waals surface area contributed by atoms with E-state index in [1.165, 1.54) is 0 Å². The number of halogens is 1. The minimum Gasteiger partial charge on any atom is -0.444 e. The van der Waals surface area contributed by atoms with Gasteiger partial charge >= 0.3 is 6.09 Å². The third kappa shape index (κ3) is 5.13. The Hall–Kier alpha value is -2.34. The van der Waals surface area contributed by atoms with E-state index in [4.69, 9.17) is 16.3 Å². The number of benzene rings is 1. The van der Waals surface area contributed by atoms with E-state index in [0.717, 1.165) is 16.7 Å². The van der Waals surface area contributed by atoms with Gasteiger partial charge < -0.3 is 15.0 Å². The SMILES string of the molecule is CC(C)(C)OC(=O)N1CCCC2=C(CC1)CN=C(c1ccc(Cl)cc1)NC2=O. The van der Waals surface area contributed by atoms with Crippen molar-refractivity contribution in [2.45, 2.75) is 45.6 Å². The van der Waals surface area contributed by atoms with Crippen molar-refractivity contribution < 1.29 is 14.3 Å². The molecule has 1 aromatic rings. The molecule has 2 amide bonds. The Kier molecular flexibility index (Phi) is 6.08. The van der Waals surface area contributed by atoms with Crippen molar-refractivity contribution in [3.63, 3.8) is 0 Å². The molecule has 0 unspecified atom stereocenters. The Bertz CT molecular complexity index is 822. The summed E-state index contributed by atoms with van der Waals surface area (Å²) in [7, 11) is 0. The predicted octanol–water partition coefficient (Wildman–Crippen LogP) is 3.93. The van der Waals surface area contributed by atoms with E-state index in [-0.39, 0.29) is 12.0 Å². The maximum absolute atomic E-state index is 12.8. The van der Waals surface area contributed by atoms with Gasteiger partial charge in [-0.25, -0.2) is 4.79 Å². The third-order valence-electron chi connectivity index (χ3n) is 4.67. The second-order valence-corrected chi connectivity index (χ2v) is 8.47. The lowest BCUT2D eigenvalue weighted by Crippen LogP contribution is -2.39. The van der Waals surface area contributed by atoms with Gasteiger partial charge in [-0.1, -0.05) is 11.6 Å². The third-order valence-corrected chi connectivity index (χ3v) is 4.92. The Morgan fingerprint density at radius 3 is 2.57 bits per heavy atom. The van der Waals surface area contributed by atoms with Gasteiger partial charge in [-0.05, 0) is 69.9 Å². The molecule has 6 nitrogen and oxygen atoms in total. The summed E-state index contributed by atoms with van der Waals surface area (Å²) in [6.07, 6.45) is 1.63. The fourth-order valence-corrected chi connectivity index (χ4v) is 3.41. The summed E-state index contributed by atoms with van der Waals surface area (Å²) < 4.78 is 5.49. The molecule has 0 fully saturated rings. The molecule has 0 radical (unpaired) electrons. The molecule has 0 aliphatic carbocycles. The summed E-state index contributed by atoms with van der Waals surface area (Å²) in [6.45, 7) is 7.11. The van der Waals surface area contributed by atoms with Crippen molar-refractivity contribution >= 4 is 29.4 Å². The highest BCUT2D eigenvalue weighted by Gasteiger charge is 2.27. The minimum atomic E-state index is -0.524. The molecule has 0 aromatic heterocycles. The highest BCUT2D eigenvalue weighted by Crippen LogP contribution is 2.23. The average molecular weight is 404 g/mol. The highest BCUT2D eigenvalue weighted by molar-refractivity contribution is 6.30. The monoisotopic (exact) mass is 403 g/mol. The molecule has 2 aliphatic rings. The van der Waals surface area contributed by atoms with E-state index in [0.29, 0.717) is 49.8 Å². The summed E-state index contributed by atoms with van der Waals surface area (Å²) in [6, 6.07) is 7.24. The molecule has 2 heterocycles. The number of ether oxygens (including phenoxy) is 1. The molecule has 2 aliphatic heterocycles. The molecule has 1 aromatic carbocycles. The first kappa shape index (κ1) is 20.4. The van der Waals surface area contributed by atoms with Crippen molar-refractivity contribution in [1.82, 2.24) is 10.2 Å². The van der Waals surface area contributed by atoms with Crippen molar-refractivity contribution in [1.29, 1.82) is 0 Å². The van der Waals surface area contributed by atoms with Crippen LogP contribution in [0.25, 0.3) is 0 Å². The number of hydrogen-bond acceptors (Lipinski definition) is 4. The van der Waals surface area contributed by atoms with Gasteiger partial charge in [0, 0.05) is 29.2 Å². The summed E-state index contributed by atoms with van der Waals surface area (Å²) in [5.74, 6) is 0.448. The number of hydrogen-bond donors (Lipinski definition) is 1. The predicted molar refractivity (Wildman–Crippen MR) is 110 cm³/mol. The largest absolute Gasteiger partial charge is 0.444 e. The zero-order valence-corrected chi connectivity index (χ0v) is 17.3. The zero-order chi connectivity index (χ0) is 20.3. The number of rotatable bonds is 1. The van der Waals surface area contributed by atoms with Gasteiger partial charge in [0.2, 0.25) is 0 Å². The lowest BCUT2D eigenvalue weighted by Gasteiger charge is -2.29. The molecule has 0 bridgehead atoms. The molecule has 1 N–H and O–H groups in total. The molecule has 3 rings (SSSR count). The maximum atomic E-state index is 12.8. The summed E-state index contributed by atoms with van der Waals surface area (Å²) in [5, 5.41) is 3.57. The van der Waals surface area contributed by atoms with Crippen LogP contribution in [0.15, 0.2) is 40.4 Å². The first-order chi connectivity index (χ1) is 13.2. The lowest BCUT2D eigenvalue weighted by molar-refractivity contribution is -0.116. The minimum absolute atomic E-state index is 0.105. The number of nitrogens with one attached hydrogen (secondary N) is 1. The number of carbonyl (C=O) groups is 2. The molecule has 28 heavy (non-hydrogen) atoms. The van der Waals surface area contributed by atoms with Crippen LogP contribution in [0.5, 0.6) is 0 Å². The van der Waals surface area contributed by atoms with E-state index < -0.39 is 5.60 Å². The standard InChI is InChI=1S/C21H26ClN3O3/c1-21(2,3)28-20(27)25-11-4-5-17-15(10-12-25)13-23-18(24-19(17)26)14-6-8-16(22)9-7-14/h6-9H,4-5,10-13H2,1-3H3,(H,23,24,26). The normalized spacial score (nSPS) is 18.4. The van der Waals surface area contributed by atoms with Gasteiger partial charge in [-0.2, -0.15) is 0 Å². The van der Waals surface area contributed by atoms with Crippen molar-refractivity contribution in [2.75, 3.05) is 19.6 Å². The summed E-state index contributed by atoms with van der Waals surface area (Å²) in [4.78, 5) is 31.5. The van der Waals surface area contributed by atoms with E-state index in [2.05, 4.69) is 10.3 Å². The van der Waals surface area contributed by atoms with E-state index in [9.17, 15) is 9.59 Å². The molecule has 0 saturated heterocycles. The molecule has 150 valence electrons. The van der Waals surface area contributed by atoms with Crippen LogP contribution in [0.2, 0.25) is 5.02 Å². The molecule has 7 heteroatoms. The average Bonchev–Trinajstić information content (AvgIpc) is 2.73. The van der Waals surface area contributed by atoms with Crippen LogP contribution in [-0.2, 0) is 9.53 Å². The van der Waals surface area contributed by atoms with Gasteiger partial charge in [-0.15, -0.1) is 0 Å². The summed E-state index contributed by atoms with van der Waals surface area (Å²) in [5.41, 5.74) is 2.07.